The molecule has 1 aromatic rings. The maximum atomic E-state index is 13.2. The number of carbonyl (C=O) groups is 1. The summed E-state index contributed by atoms with van der Waals surface area (Å²) in [6.07, 6.45) is 0. The highest BCUT2D eigenvalue weighted by atomic mass is 35.5. The van der Waals surface area contributed by atoms with Crippen LogP contribution in [0.25, 0.3) is 0 Å². The third-order valence-electron chi connectivity index (χ3n) is 1.85. The summed E-state index contributed by atoms with van der Waals surface area (Å²) in [7, 11) is 0. The average molecular weight is 186 g/mol. The molecular formula is C8H5ClFNO. The topological polar surface area (TPSA) is 29.1 Å². The van der Waals surface area contributed by atoms with Gasteiger partial charge in [0.05, 0.1) is 10.6 Å². The van der Waals surface area contributed by atoms with E-state index in [1.54, 1.807) is 6.07 Å². The summed E-state index contributed by atoms with van der Waals surface area (Å²) >= 11 is 5.50. The van der Waals surface area contributed by atoms with Crippen LogP contribution in [0.15, 0.2) is 12.1 Å². The van der Waals surface area contributed by atoms with Crippen LogP contribution in [0, 0.1) is 5.82 Å². The molecule has 0 atom stereocenters. The molecule has 0 fully saturated rings. The quantitative estimate of drug-likeness (QED) is 0.655. The Morgan fingerprint density at radius 2 is 2.25 bits per heavy atom. The molecule has 12 heavy (non-hydrogen) atoms. The number of fused-ring (bicyclic) bond motifs is 1. The third kappa shape index (κ3) is 0.898. The van der Waals surface area contributed by atoms with Crippen molar-refractivity contribution in [1.82, 2.24) is 5.32 Å². The van der Waals surface area contributed by atoms with Gasteiger partial charge in [0.2, 0.25) is 0 Å². The van der Waals surface area contributed by atoms with Gasteiger partial charge in [0.1, 0.15) is 0 Å². The van der Waals surface area contributed by atoms with Crippen LogP contribution in [0.2, 0.25) is 5.02 Å². The highest BCUT2D eigenvalue weighted by Gasteiger charge is 2.24. The van der Waals surface area contributed by atoms with Crippen molar-refractivity contribution >= 4 is 17.5 Å². The average Bonchev–Trinajstić information content (AvgIpc) is 2.41. The number of nitrogens with one attached hydrogen (secondary N) is 1. The molecule has 0 spiro atoms. The molecular weight excluding hydrogens is 181 g/mol. The van der Waals surface area contributed by atoms with Gasteiger partial charge in [-0.1, -0.05) is 17.7 Å². The lowest BCUT2D eigenvalue weighted by Crippen LogP contribution is -2.13. The first kappa shape index (κ1) is 7.55. The zero-order valence-electron chi connectivity index (χ0n) is 6.03. The second-order valence-corrected chi connectivity index (χ2v) is 2.99. The maximum absolute atomic E-state index is 13.2. The monoisotopic (exact) mass is 185 g/mol. The number of benzene rings is 1. The SMILES string of the molecule is O=C1NCc2ccc(Cl)c(F)c21. The second-order valence-electron chi connectivity index (χ2n) is 2.58. The molecule has 1 heterocycles. The molecule has 0 unspecified atom stereocenters. The molecule has 62 valence electrons. The van der Waals surface area contributed by atoms with Gasteiger partial charge in [-0.15, -0.1) is 0 Å². The van der Waals surface area contributed by atoms with Gasteiger partial charge in [-0.2, -0.15) is 0 Å². The van der Waals surface area contributed by atoms with Crippen molar-refractivity contribution in [3.63, 3.8) is 0 Å². The summed E-state index contributed by atoms with van der Waals surface area (Å²) in [5.74, 6) is -1.01. The Morgan fingerprint density at radius 1 is 1.50 bits per heavy atom. The molecule has 2 nitrogen and oxygen atoms in total. The standard InChI is InChI=1S/C8H5ClFNO/c9-5-2-1-4-3-11-8(12)6(4)7(5)10/h1-2H,3H2,(H,11,12). The van der Waals surface area contributed by atoms with Crippen LogP contribution in [0.5, 0.6) is 0 Å². The Bertz CT molecular complexity index is 364. The second kappa shape index (κ2) is 2.45. The number of amides is 1. The number of hydrogen-bond acceptors (Lipinski definition) is 1. The fourth-order valence-corrected chi connectivity index (χ4v) is 1.40. The van der Waals surface area contributed by atoms with Crippen molar-refractivity contribution in [3.8, 4) is 0 Å². The van der Waals surface area contributed by atoms with Crippen LogP contribution in [0.1, 0.15) is 15.9 Å². The number of halogens is 2. The van der Waals surface area contributed by atoms with E-state index in [1.807, 2.05) is 0 Å². The van der Waals surface area contributed by atoms with E-state index in [4.69, 9.17) is 11.6 Å². The molecule has 1 aromatic carbocycles. The molecule has 1 amide bonds. The van der Waals surface area contributed by atoms with Gasteiger partial charge in [0.15, 0.2) is 5.82 Å². The highest BCUT2D eigenvalue weighted by molar-refractivity contribution is 6.31. The van der Waals surface area contributed by atoms with E-state index in [-0.39, 0.29) is 16.5 Å². The van der Waals surface area contributed by atoms with Crippen molar-refractivity contribution in [2.45, 2.75) is 6.54 Å². The fraction of sp³-hybridized carbons (Fsp3) is 0.125. The van der Waals surface area contributed by atoms with Crippen molar-refractivity contribution in [2.75, 3.05) is 0 Å². The summed E-state index contributed by atoms with van der Waals surface area (Å²) < 4.78 is 13.2. The normalized spacial score (nSPS) is 14.3. The van der Waals surface area contributed by atoms with Crippen molar-refractivity contribution in [1.29, 1.82) is 0 Å². The fourth-order valence-electron chi connectivity index (χ4n) is 1.25. The first-order chi connectivity index (χ1) is 5.70. The first-order valence-electron chi connectivity index (χ1n) is 3.45. The molecule has 1 aliphatic heterocycles. The van der Waals surface area contributed by atoms with E-state index in [1.165, 1.54) is 6.07 Å². The van der Waals surface area contributed by atoms with Crippen LogP contribution in [0.4, 0.5) is 4.39 Å². The van der Waals surface area contributed by atoms with Crippen LogP contribution >= 0.6 is 11.6 Å². The van der Waals surface area contributed by atoms with Gasteiger partial charge >= 0.3 is 0 Å². The predicted octanol–water partition coefficient (Wildman–Crippen LogP) is 1.72. The van der Waals surface area contributed by atoms with Crippen LogP contribution < -0.4 is 5.32 Å². The van der Waals surface area contributed by atoms with Gasteiger partial charge in [-0.25, -0.2) is 4.39 Å². The third-order valence-corrected chi connectivity index (χ3v) is 2.14. The Kier molecular flexibility index (Phi) is 1.54. The van der Waals surface area contributed by atoms with E-state index >= 15 is 0 Å². The Balaban J connectivity index is 2.71. The summed E-state index contributed by atoms with van der Waals surface area (Å²) in [4.78, 5) is 11.0. The van der Waals surface area contributed by atoms with Gasteiger partial charge in [-0.3, -0.25) is 4.79 Å². The number of hydrogen-bond donors (Lipinski definition) is 1. The lowest BCUT2D eigenvalue weighted by atomic mass is 10.1. The molecule has 4 heteroatoms. The molecule has 0 aliphatic carbocycles. The van der Waals surface area contributed by atoms with E-state index in [0.717, 1.165) is 0 Å². The molecule has 0 saturated carbocycles. The summed E-state index contributed by atoms with van der Waals surface area (Å²) in [5.41, 5.74) is 0.754. The largest absolute Gasteiger partial charge is 0.348 e. The van der Waals surface area contributed by atoms with E-state index in [0.29, 0.717) is 12.1 Å². The van der Waals surface area contributed by atoms with Crippen molar-refractivity contribution in [3.05, 3.63) is 34.1 Å². The first-order valence-corrected chi connectivity index (χ1v) is 3.83. The lowest BCUT2D eigenvalue weighted by Gasteiger charge is -1.98. The van der Waals surface area contributed by atoms with Crippen molar-refractivity contribution in [2.24, 2.45) is 0 Å². The zero-order valence-corrected chi connectivity index (χ0v) is 6.78. The van der Waals surface area contributed by atoms with Gasteiger partial charge < -0.3 is 5.32 Å². The summed E-state index contributed by atoms with van der Waals surface area (Å²) in [6.45, 7) is 0.391. The minimum atomic E-state index is -0.621. The molecule has 1 aliphatic rings. The van der Waals surface area contributed by atoms with E-state index in [2.05, 4.69) is 5.32 Å². The zero-order chi connectivity index (χ0) is 8.72. The Hall–Kier alpha value is -1.09. The minimum Gasteiger partial charge on any atom is -0.348 e. The minimum absolute atomic E-state index is 0.00852. The van der Waals surface area contributed by atoms with Gasteiger partial charge in [-0.05, 0) is 11.6 Å². The lowest BCUT2D eigenvalue weighted by molar-refractivity contribution is 0.0962. The predicted molar refractivity (Wildman–Crippen MR) is 42.6 cm³/mol. The van der Waals surface area contributed by atoms with E-state index < -0.39 is 5.82 Å². The maximum Gasteiger partial charge on any atom is 0.254 e. The molecule has 0 radical (unpaired) electrons. The van der Waals surface area contributed by atoms with E-state index in [9.17, 15) is 9.18 Å². The van der Waals surface area contributed by atoms with Crippen LogP contribution in [-0.2, 0) is 6.54 Å². The van der Waals surface area contributed by atoms with Crippen molar-refractivity contribution < 1.29 is 9.18 Å². The molecule has 0 aromatic heterocycles. The highest BCUT2D eigenvalue weighted by Crippen LogP contribution is 2.24. The number of rotatable bonds is 0. The van der Waals surface area contributed by atoms with Gasteiger partial charge in [0.25, 0.3) is 5.91 Å². The molecule has 0 saturated heterocycles. The molecule has 0 bridgehead atoms. The van der Waals surface area contributed by atoms with Crippen LogP contribution in [-0.4, -0.2) is 5.91 Å². The van der Waals surface area contributed by atoms with Gasteiger partial charge in [0, 0.05) is 6.54 Å². The number of carbonyl (C=O) groups excluding carboxylic acids is 1. The smallest absolute Gasteiger partial charge is 0.254 e. The molecule has 1 N–H and O–H groups in total. The summed E-state index contributed by atoms with van der Waals surface area (Å²) in [6, 6.07) is 3.11. The summed E-state index contributed by atoms with van der Waals surface area (Å²) in [5, 5.41) is 2.51. The molecule has 2 rings (SSSR count). The van der Waals surface area contributed by atoms with Crippen LogP contribution in [0.3, 0.4) is 0 Å². The Labute approximate surface area is 73.3 Å². The Morgan fingerprint density at radius 3 is 3.00 bits per heavy atom.